The molecule has 7 heteroatoms. The molecule has 2 rings (SSSR count). The molecule has 1 saturated heterocycles. The van der Waals surface area contributed by atoms with Gasteiger partial charge in [-0.2, -0.15) is 4.31 Å². The molecule has 1 aromatic carbocycles. The summed E-state index contributed by atoms with van der Waals surface area (Å²) >= 11 is 5.78. The van der Waals surface area contributed by atoms with Gasteiger partial charge in [0.1, 0.15) is 0 Å². The predicted octanol–water partition coefficient (Wildman–Crippen LogP) is 2.85. The number of aromatic carboxylic acids is 1. The average molecular weight is 332 g/mol. The van der Waals surface area contributed by atoms with Crippen molar-refractivity contribution in [2.75, 3.05) is 13.1 Å². The SMILES string of the molecule is CC1CCCN(S(=O)(=O)c2ccc(Cl)c(C(=O)O)c2)CC1. The Hall–Kier alpha value is -1.11. The molecular formula is C14H18ClNO4S. The molecule has 0 radical (unpaired) electrons. The van der Waals surface area contributed by atoms with E-state index in [0.29, 0.717) is 19.0 Å². The van der Waals surface area contributed by atoms with Crippen LogP contribution in [0.25, 0.3) is 0 Å². The van der Waals surface area contributed by atoms with Gasteiger partial charge in [0, 0.05) is 13.1 Å². The molecule has 1 fully saturated rings. The topological polar surface area (TPSA) is 74.7 Å². The first-order valence-electron chi connectivity index (χ1n) is 6.85. The zero-order valence-electron chi connectivity index (χ0n) is 11.8. The number of rotatable bonds is 3. The molecule has 0 aliphatic carbocycles. The number of hydrogen-bond donors (Lipinski definition) is 1. The van der Waals surface area contributed by atoms with Crippen LogP contribution in [0.15, 0.2) is 23.1 Å². The molecule has 1 heterocycles. The normalized spacial score (nSPS) is 21.0. The molecule has 0 bridgehead atoms. The Kier molecular flexibility index (Phi) is 4.91. The van der Waals surface area contributed by atoms with Crippen LogP contribution < -0.4 is 0 Å². The highest BCUT2D eigenvalue weighted by molar-refractivity contribution is 7.89. The summed E-state index contributed by atoms with van der Waals surface area (Å²) in [6.07, 6.45) is 2.64. The third-order valence-electron chi connectivity index (χ3n) is 3.78. The average Bonchev–Trinajstić information content (AvgIpc) is 2.63. The summed E-state index contributed by atoms with van der Waals surface area (Å²) in [4.78, 5) is 11.1. The largest absolute Gasteiger partial charge is 0.478 e. The van der Waals surface area contributed by atoms with Gasteiger partial charge < -0.3 is 5.11 Å². The van der Waals surface area contributed by atoms with Gasteiger partial charge in [0.25, 0.3) is 0 Å². The Labute approximate surface area is 129 Å². The number of sulfonamides is 1. The Morgan fingerprint density at radius 1 is 1.33 bits per heavy atom. The Balaban J connectivity index is 2.35. The predicted molar refractivity (Wildman–Crippen MR) is 80.2 cm³/mol. The van der Waals surface area contributed by atoms with Crippen molar-refractivity contribution in [1.29, 1.82) is 0 Å². The molecule has 1 aromatic rings. The molecular weight excluding hydrogens is 314 g/mol. The van der Waals surface area contributed by atoms with Gasteiger partial charge in [0.05, 0.1) is 15.5 Å². The Bertz CT molecular complexity index is 644. The van der Waals surface area contributed by atoms with Gasteiger partial charge in [-0.05, 0) is 43.4 Å². The van der Waals surface area contributed by atoms with Crippen molar-refractivity contribution >= 4 is 27.6 Å². The first kappa shape index (κ1) is 16.3. The summed E-state index contributed by atoms with van der Waals surface area (Å²) in [6, 6.07) is 3.81. The lowest BCUT2D eigenvalue weighted by Gasteiger charge is -2.20. The van der Waals surface area contributed by atoms with Gasteiger partial charge in [-0.1, -0.05) is 18.5 Å². The Morgan fingerprint density at radius 3 is 2.71 bits per heavy atom. The summed E-state index contributed by atoms with van der Waals surface area (Å²) in [7, 11) is -3.67. The van der Waals surface area contributed by atoms with Crippen molar-refractivity contribution in [3.8, 4) is 0 Å². The van der Waals surface area contributed by atoms with Gasteiger partial charge in [-0.3, -0.25) is 0 Å². The molecule has 1 N–H and O–H groups in total. The fourth-order valence-electron chi connectivity index (χ4n) is 2.45. The summed E-state index contributed by atoms with van der Waals surface area (Å²) in [5.41, 5.74) is -0.194. The number of carboxylic acid groups (broad SMARTS) is 1. The second-order valence-corrected chi connectivity index (χ2v) is 7.73. The quantitative estimate of drug-likeness (QED) is 0.924. The van der Waals surface area contributed by atoms with E-state index in [1.807, 2.05) is 0 Å². The van der Waals surface area contributed by atoms with Crippen molar-refractivity contribution in [2.24, 2.45) is 5.92 Å². The van der Waals surface area contributed by atoms with Gasteiger partial charge >= 0.3 is 5.97 Å². The maximum Gasteiger partial charge on any atom is 0.337 e. The number of nitrogens with zero attached hydrogens (tertiary/aromatic N) is 1. The highest BCUT2D eigenvalue weighted by Crippen LogP contribution is 2.26. The van der Waals surface area contributed by atoms with Gasteiger partial charge in [-0.15, -0.1) is 0 Å². The molecule has 0 saturated carbocycles. The van der Waals surface area contributed by atoms with Crippen LogP contribution in [0.4, 0.5) is 0 Å². The van der Waals surface area contributed by atoms with E-state index >= 15 is 0 Å². The first-order chi connectivity index (χ1) is 9.82. The van der Waals surface area contributed by atoms with Crippen molar-refractivity contribution in [2.45, 2.75) is 31.1 Å². The fourth-order valence-corrected chi connectivity index (χ4v) is 4.17. The lowest BCUT2D eigenvalue weighted by Crippen LogP contribution is -2.32. The zero-order chi connectivity index (χ0) is 15.6. The fraction of sp³-hybridized carbons (Fsp3) is 0.500. The lowest BCUT2D eigenvalue weighted by molar-refractivity contribution is 0.0697. The van der Waals surface area contributed by atoms with Crippen LogP contribution in [0, 0.1) is 5.92 Å². The van der Waals surface area contributed by atoms with Crippen molar-refractivity contribution < 1.29 is 18.3 Å². The minimum atomic E-state index is -3.67. The second kappa shape index (κ2) is 6.34. The van der Waals surface area contributed by atoms with Crippen molar-refractivity contribution in [1.82, 2.24) is 4.31 Å². The maximum absolute atomic E-state index is 12.6. The smallest absolute Gasteiger partial charge is 0.337 e. The molecule has 1 aliphatic rings. The van der Waals surface area contributed by atoms with Crippen molar-refractivity contribution in [3.63, 3.8) is 0 Å². The first-order valence-corrected chi connectivity index (χ1v) is 8.67. The summed E-state index contributed by atoms with van der Waals surface area (Å²) in [5.74, 6) is -0.730. The molecule has 1 unspecified atom stereocenters. The van der Waals surface area contributed by atoms with E-state index in [1.54, 1.807) is 0 Å². The minimum absolute atomic E-state index is 0.0150. The number of halogens is 1. The standard InChI is InChI=1S/C14H18ClNO4S/c1-10-3-2-7-16(8-6-10)21(19,20)11-4-5-13(15)12(9-11)14(17)18/h4-5,9-10H,2-3,6-8H2,1H3,(H,17,18). The molecule has 21 heavy (non-hydrogen) atoms. The van der Waals surface area contributed by atoms with Gasteiger partial charge in [-0.25, -0.2) is 13.2 Å². The highest BCUT2D eigenvalue weighted by atomic mass is 35.5. The van der Waals surface area contributed by atoms with Crippen molar-refractivity contribution in [3.05, 3.63) is 28.8 Å². The molecule has 1 aliphatic heterocycles. The molecule has 0 spiro atoms. The number of carbonyl (C=O) groups is 1. The van der Waals surface area contributed by atoms with Crippen LogP contribution in [0.5, 0.6) is 0 Å². The third-order valence-corrected chi connectivity index (χ3v) is 6.01. The van der Waals surface area contributed by atoms with E-state index < -0.39 is 16.0 Å². The van der Waals surface area contributed by atoms with Crippen LogP contribution in [0.1, 0.15) is 36.5 Å². The van der Waals surface area contributed by atoms with E-state index in [0.717, 1.165) is 25.3 Å². The van der Waals surface area contributed by atoms with E-state index in [1.165, 1.54) is 16.4 Å². The molecule has 5 nitrogen and oxygen atoms in total. The zero-order valence-corrected chi connectivity index (χ0v) is 13.3. The van der Waals surface area contributed by atoms with Gasteiger partial charge in [0.15, 0.2) is 0 Å². The lowest BCUT2D eigenvalue weighted by atomic mass is 10.0. The maximum atomic E-state index is 12.6. The molecule has 0 amide bonds. The number of benzene rings is 1. The highest BCUT2D eigenvalue weighted by Gasteiger charge is 2.27. The summed E-state index contributed by atoms with van der Waals surface area (Å²) in [5, 5.41) is 9.09. The number of carboxylic acids is 1. The second-order valence-electron chi connectivity index (χ2n) is 5.39. The third kappa shape index (κ3) is 3.56. The van der Waals surface area contributed by atoms with Crippen LogP contribution in [-0.2, 0) is 10.0 Å². The Morgan fingerprint density at radius 2 is 2.05 bits per heavy atom. The van der Waals surface area contributed by atoms with Gasteiger partial charge in [0.2, 0.25) is 10.0 Å². The molecule has 116 valence electrons. The van der Waals surface area contributed by atoms with Crippen LogP contribution in [0.3, 0.4) is 0 Å². The molecule has 1 atom stereocenters. The van der Waals surface area contributed by atoms with Crippen LogP contribution in [-0.4, -0.2) is 36.9 Å². The monoisotopic (exact) mass is 331 g/mol. The number of hydrogen-bond acceptors (Lipinski definition) is 3. The molecule has 0 aromatic heterocycles. The van der Waals surface area contributed by atoms with E-state index in [-0.39, 0.29) is 15.5 Å². The summed E-state index contributed by atoms with van der Waals surface area (Å²) in [6.45, 7) is 3.05. The summed E-state index contributed by atoms with van der Waals surface area (Å²) < 4.78 is 26.7. The van der Waals surface area contributed by atoms with Crippen LogP contribution in [0.2, 0.25) is 5.02 Å². The van der Waals surface area contributed by atoms with E-state index in [4.69, 9.17) is 16.7 Å². The minimum Gasteiger partial charge on any atom is -0.478 e. The van der Waals surface area contributed by atoms with Crippen LogP contribution >= 0.6 is 11.6 Å². The van der Waals surface area contributed by atoms with E-state index in [2.05, 4.69) is 6.92 Å². The van der Waals surface area contributed by atoms with E-state index in [9.17, 15) is 13.2 Å².